The lowest BCUT2D eigenvalue weighted by Crippen LogP contribution is -2.45. The number of carbonyl (C=O) groups excluding carboxylic acids is 2. The molecule has 1 aliphatic heterocycles. The van der Waals surface area contributed by atoms with Crippen molar-refractivity contribution in [3.8, 4) is 0 Å². The van der Waals surface area contributed by atoms with Crippen LogP contribution in [0.15, 0.2) is 6.20 Å². The van der Waals surface area contributed by atoms with Crippen molar-refractivity contribution in [1.29, 1.82) is 0 Å². The summed E-state index contributed by atoms with van der Waals surface area (Å²) >= 11 is 1.47. The molecule has 6 N–H and O–H groups in total. The lowest BCUT2D eigenvalue weighted by Gasteiger charge is -2.20. The highest BCUT2D eigenvalue weighted by Crippen LogP contribution is 2.23. The molecular formula is C32H57N5O7S. The van der Waals surface area contributed by atoms with E-state index in [1.54, 1.807) is 6.42 Å². The fourth-order valence-electron chi connectivity index (χ4n) is 5.33. The Balaban J connectivity index is 1.64. The van der Waals surface area contributed by atoms with Crippen molar-refractivity contribution in [1.82, 2.24) is 20.3 Å². The fraction of sp³-hybridized carbons (Fsp3) is 0.812. The Morgan fingerprint density at radius 3 is 2.09 bits per heavy atom. The summed E-state index contributed by atoms with van der Waals surface area (Å²) in [5, 5.41) is 52.8. The lowest BCUT2D eigenvalue weighted by atomic mass is 10.0. The van der Waals surface area contributed by atoms with E-state index in [9.17, 15) is 30.0 Å². The number of hydrogen-bond acceptors (Lipinski definition) is 10. The highest BCUT2D eigenvalue weighted by Gasteiger charge is 2.45. The van der Waals surface area contributed by atoms with Gasteiger partial charge >= 0.3 is 0 Å². The monoisotopic (exact) mass is 655 g/mol. The van der Waals surface area contributed by atoms with E-state index in [-0.39, 0.29) is 18.3 Å². The van der Waals surface area contributed by atoms with Crippen LogP contribution in [0.4, 0.5) is 5.82 Å². The van der Waals surface area contributed by atoms with Gasteiger partial charge in [0, 0.05) is 12.2 Å². The molecule has 2 rings (SSSR count). The lowest BCUT2D eigenvalue weighted by molar-refractivity contribution is -0.147. The van der Waals surface area contributed by atoms with Crippen LogP contribution in [-0.2, 0) is 20.9 Å². The number of hydrogen-bond donors (Lipinski definition) is 6. The number of aromatic nitrogens is 3. The Hall–Kier alpha value is -1.77. The number of nitrogens with zero attached hydrogens (tertiary/aromatic N) is 3. The van der Waals surface area contributed by atoms with E-state index in [1.807, 2.05) is 0 Å². The van der Waals surface area contributed by atoms with Crippen molar-refractivity contribution in [2.24, 2.45) is 0 Å². The molecule has 2 radical (unpaired) electrons. The van der Waals surface area contributed by atoms with Gasteiger partial charge in [0.25, 0.3) is 0 Å². The maximum atomic E-state index is 13.0. The number of anilines is 1. The van der Waals surface area contributed by atoms with Crippen LogP contribution in [-0.4, -0.2) is 95.5 Å². The summed E-state index contributed by atoms with van der Waals surface area (Å²) in [5.41, 5.74) is 0. The van der Waals surface area contributed by atoms with Crippen molar-refractivity contribution >= 4 is 29.4 Å². The number of nitrogens with one attached hydrogen (secondary N) is 2. The third-order valence-electron chi connectivity index (χ3n) is 8.00. The van der Waals surface area contributed by atoms with Gasteiger partial charge in [-0.1, -0.05) is 102 Å². The molecule has 1 aromatic rings. The van der Waals surface area contributed by atoms with Gasteiger partial charge in [0.05, 0.1) is 12.7 Å². The van der Waals surface area contributed by atoms with E-state index >= 15 is 0 Å². The molecule has 0 aliphatic carbocycles. The van der Waals surface area contributed by atoms with Crippen LogP contribution in [0.2, 0.25) is 0 Å². The molecule has 0 saturated carbocycles. The molecule has 1 fully saturated rings. The average Bonchev–Trinajstić information content (AvgIpc) is 3.56. The quantitative estimate of drug-likeness (QED) is 0.0809. The number of thioether (sulfide) groups is 1. The number of amides is 2. The molecule has 45 heavy (non-hydrogen) atoms. The van der Waals surface area contributed by atoms with Gasteiger partial charge < -0.3 is 35.8 Å². The zero-order valence-corrected chi connectivity index (χ0v) is 27.8. The Labute approximate surface area is 273 Å². The predicted molar refractivity (Wildman–Crippen MR) is 176 cm³/mol. The SMILES string of the molecule is [CH2][CH]CSC[C@@H](NC(=O)CCCCCCCCCCCCCCCCC)C(=O)Nc1cn(C[C@H](O)C2OC(O)[C@@H](O)[C@@H]2O)nn1. The first-order chi connectivity index (χ1) is 21.8. The first-order valence-electron chi connectivity index (χ1n) is 16.8. The predicted octanol–water partition coefficient (Wildman–Crippen LogP) is 3.53. The first-order valence-corrected chi connectivity index (χ1v) is 18.0. The van der Waals surface area contributed by atoms with Crippen LogP contribution in [0.3, 0.4) is 0 Å². The van der Waals surface area contributed by atoms with Crippen molar-refractivity contribution in [2.45, 2.75) is 153 Å². The van der Waals surface area contributed by atoms with Crippen LogP contribution in [0, 0.1) is 13.3 Å². The van der Waals surface area contributed by atoms with E-state index in [1.165, 1.54) is 99.7 Å². The van der Waals surface area contributed by atoms with Gasteiger partial charge in [-0.3, -0.25) is 9.59 Å². The maximum absolute atomic E-state index is 13.0. The smallest absolute Gasteiger partial charge is 0.249 e. The molecule has 258 valence electrons. The summed E-state index contributed by atoms with van der Waals surface area (Å²) in [5.74, 6) is 0.498. The fourth-order valence-corrected chi connectivity index (χ4v) is 6.11. The van der Waals surface area contributed by atoms with E-state index in [2.05, 4.69) is 34.8 Å². The molecule has 0 aromatic carbocycles. The minimum absolute atomic E-state index is 0.121. The van der Waals surface area contributed by atoms with Crippen LogP contribution in [0.1, 0.15) is 110 Å². The van der Waals surface area contributed by atoms with Crippen LogP contribution in [0.5, 0.6) is 0 Å². The minimum atomic E-state index is -1.60. The Morgan fingerprint density at radius 2 is 1.56 bits per heavy atom. The van der Waals surface area contributed by atoms with Gasteiger partial charge in [-0.05, 0) is 25.5 Å². The van der Waals surface area contributed by atoms with Crippen molar-refractivity contribution in [2.75, 3.05) is 16.8 Å². The summed E-state index contributed by atoms with van der Waals surface area (Å²) in [6, 6.07) is -0.778. The standard InChI is InChI=1S/C32H57N5O7S/c1-3-5-6-7-8-9-10-11-12-13-14-15-16-17-18-19-27(39)33-24(23-45-20-4-2)31(42)34-26-22-37(36-35-26)21-25(38)30-28(40)29(41)32(43)44-30/h4,22,24-25,28-30,32,38,40-41,43H,2-3,5-21,23H2,1H3,(H,33,39)(H,34,42)/t24-,25+,28+,29+,30?,32?/m1/s1. The van der Waals surface area contributed by atoms with Gasteiger partial charge in [-0.25, -0.2) is 4.68 Å². The molecular weight excluding hydrogens is 598 g/mol. The second kappa shape index (κ2) is 23.5. The zero-order valence-electron chi connectivity index (χ0n) is 27.0. The van der Waals surface area contributed by atoms with Crippen molar-refractivity contribution in [3.63, 3.8) is 0 Å². The highest BCUT2D eigenvalue weighted by atomic mass is 32.2. The zero-order chi connectivity index (χ0) is 32.9. The molecule has 12 nitrogen and oxygen atoms in total. The molecule has 2 unspecified atom stereocenters. The summed E-state index contributed by atoms with van der Waals surface area (Å²) in [6.45, 7) is 5.79. The summed E-state index contributed by atoms with van der Waals surface area (Å²) < 4.78 is 6.25. The normalized spacial score (nSPS) is 21.1. The Kier molecular flexibility index (Phi) is 20.6. The minimum Gasteiger partial charge on any atom is -0.388 e. The van der Waals surface area contributed by atoms with Gasteiger partial charge in [-0.2, -0.15) is 11.8 Å². The number of aliphatic hydroxyl groups excluding tert-OH is 4. The molecule has 13 heteroatoms. The van der Waals surface area contributed by atoms with Gasteiger partial charge in [-0.15, -0.1) is 5.10 Å². The molecule has 6 atom stereocenters. The molecule has 1 aromatic heterocycles. The van der Waals surface area contributed by atoms with Crippen molar-refractivity contribution in [3.05, 3.63) is 19.5 Å². The molecule has 2 amide bonds. The van der Waals surface area contributed by atoms with E-state index < -0.39 is 42.7 Å². The van der Waals surface area contributed by atoms with Crippen molar-refractivity contribution < 1.29 is 34.8 Å². The topological polar surface area (TPSA) is 179 Å². The third kappa shape index (κ3) is 16.1. The number of aliphatic hydroxyl groups is 4. The summed E-state index contributed by atoms with van der Waals surface area (Å²) in [6.07, 6.45) is 15.2. The third-order valence-corrected chi connectivity index (χ3v) is 9.04. The Morgan fingerprint density at radius 1 is 0.978 bits per heavy atom. The number of unbranched alkanes of at least 4 members (excludes halogenated alkanes) is 14. The van der Waals surface area contributed by atoms with E-state index in [0.717, 1.165) is 19.3 Å². The number of carbonyl (C=O) groups is 2. The van der Waals surface area contributed by atoms with E-state index in [0.29, 0.717) is 17.9 Å². The van der Waals surface area contributed by atoms with Gasteiger partial charge in [0.2, 0.25) is 11.8 Å². The van der Waals surface area contributed by atoms with Crippen LogP contribution in [0.25, 0.3) is 0 Å². The van der Waals surface area contributed by atoms with Gasteiger partial charge in [0.1, 0.15) is 30.5 Å². The number of rotatable bonds is 26. The molecule has 1 saturated heterocycles. The highest BCUT2D eigenvalue weighted by molar-refractivity contribution is 7.99. The van der Waals surface area contributed by atoms with Crippen LogP contribution >= 0.6 is 11.8 Å². The molecule has 0 spiro atoms. The van der Waals surface area contributed by atoms with Crippen LogP contribution < -0.4 is 10.6 Å². The summed E-state index contributed by atoms with van der Waals surface area (Å²) in [4.78, 5) is 25.7. The maximum Gasteiger partial charge on any atom is 0.249 e. The van der Waals surface area contributed by atoms with E-state index in [4.69, 9.17) is 4.74 Å². The Bertz CT molecular complexity index is 939. The largest absolute Gasteiger partial charge is 0.388 e. The second-order valence-electron chi connectivity index (χ2n) is 12.0. The first kappa shape index (κ1) is 39.4. The number of ether oxygens (including phenoxy) is 1. The molecule has 2 heterocycles. The molecule has 1 aliphatic rings. The average molecular weight is 656 g/mol. The summed E-state index contributed by atoms with van der Waals surface area (Å²) in [7, 11) is 0. The molecule has 0 bridgehead atoms. The van der Waals surface area contributed by atoms with Gasteiger partial charge in [0.15, 0.2) is 12.1 Å². The second-order valence-corrected chi connectivity index (χ2v) is 13.1.